The molecule has 3 N–H and O–H groups in total. The lowest BCUT2D eigenvalue weighted by atomic mass is 10.2. The van der Waals surface area contributed by atoms with Crippen molar-refractivity contribution in [2.24, 2.45) is 5.73 Å². The average Bonchev–Trinajstić information content (AvgIpc) is 2.16. The van der Waals surface area contributed by atoms with Crippen LogP contribution in [0.25, 0.3) is 0 Å². The number of hydrogen-bond donors (Lipinski definition) is 2. The molecule has 5 heteroatoms. The maximum atomic E-state index is 7.41. The van der Waals surface area contributed by atoms with Crippen LogP contribution in [0.2, 0.25) is 0 Å². The summed E-state index contributed by atoms with van der Waals surface area (Å²) in [7, 11) is 3.94. The molecule has 0 bridgehead atoms. The van der Waals surface area contributed by atoms with Gasteiger partial charge in [-0.15, -0.1) is 0 Å². The highest BCUT2D eigenvalue weighted by molar-refractivity contribution is 5.97. The quantitative estimate of drug-likeness (QED) is 0.565. The Hall–Kier alpha value is -1.62. The molecule has 5 nitrogen and oxygen atoms in total. The highest BCUT2D eigenvalue weighted by atomic mass is 16.5. The summed E-state index contributed by atoms with van der Waals surface area (Å²) >= 11 is 0. The molecule has 0 aliphatic heterocycles. The van der Waals surface area contributed by atoms with Crippen LogP contribution in [-0.4, -0.2) is 43.0 Å². The van der Waals surface area contributed by atoms with Gasteiger partial charge in [0, 0.05) is 12.2 Å². The van der Waals surface area contributed by atoms with Gasteiger partial charge in [0.25, 0.3) is 0 Å². The van der Waals surface area contributed by atoms with E-state index >= 15 is 0 Å². The van der Waals surface area contributed by atoms with Crippen LogP contribution < -0.4 is 10.5 Å². The predicted octanol–water partition coefficient (Wildman–Crippen LogP) is 0.614. The molecule has 0 radical (unpaired) electrons. The van der Waals surface area contributed by atoms with Crippen molar-refractivity contribution in [1.29, 1.82) is 5.41 Å². The Bertz CT molecular complexity index is 376. The van der Waals surface area contributed by atoms with Gasteiger partial charge in [0.15, 0.2) is 0 Å². The Kier molecular flexibility index (Phi) is 4.25. The van der Waals surface area contributed by atoms with Gasteiger partial charge < -0.3 is 15.4 Å². The standard InChI is InChI=1S/C11H18N4O/c1-8-4-5-9(10(12)13)11(14-8)16-7-6-15(2)3/h4-5H,6-7H2,1-3H3,(H3,12,13). The average molecular weight is 222 g/mol. The molecule has 1 aromatic rings. The lowest BCUT2D eigenvalue weighted by Gasteiger charge is -2.12. The Morgan fingerprint density at radius 2 is 2.19 bits per heavy atom. The second kappa shape index (κ2) is 5.46. The number of aryl methyl sites for hydroxylation is 1. The maximum absolute atomic E-state index is 7.41. The summed E-state index contributed by atoms with van der Waals surface area (Å²) in [5.41, 5.74) is 6.85. The van der Waals surface area contributed by atoms with Gasteiger partial charge in [0.2, 0.25) is 5.88 Å². The summed E-state index contributed by atoms with van der Waals surface area (Å²) in [6.45, 7) is 3.21. The van der Waals surface area contributed by atoms with Crippen LogP contribution in [0.4, 0.5) is 0 Å². The van der Waals surface area contributed by atoms with Crippen molar-refractivity contribution in [3.63, 3.8) is 0 Å². The minimum Gasteiger partial charge on any atom is -0.476 e. The van der Waals surface area contributed by atoms with Crippen molar-refractivity contribution < 1.29 is 4.74 Å². The van der Waals surface area contributed by atoms with E-state index < -0.39 is 0 Å². The van der Waals surface area contributed by atoms with Crippen LogP contribution in [0, 0.1) is 12.3 Å². The summed E-state index contributed by atoms with van der Waals surface area (Å²) in [5.74, 6) is 0.418. The van der Waals surface area contributed by atoms with E-state index in [2.05, 4.69) is 4.98 Å². The molecule has 1 aromatic heterocycles. The largest absolute Gasteiger partial charge is 0.476 e. The van der Waals surface area contributed by atoms with Crippen LogP contribution >= 0.6 is 0 Å². The number of rotatable bonds is 5. The molecule has 0 fully saturated rings. The van der Waals surface area contributed by atoms with Gasteiger partial charge in [-0.25, -0.2) is 4.98 Å². The number of likely N-dealkylation sites (N-methyl/N-ethyl adjacent to an activating group) is 1. The van der Waals surface area contributed by atoms with Gasteiger partial charge in [-0.2, -0.15) is 0 Å². The Morgan fingerprint density at radius 1 is 1.50 bits per heavy atom. The van der Waals surface area contributed by atoms with E-state index in [0.717, 1.165) is 12.2 Å². The first-order valence-corrected chi connectivity index (χ1v) is 5.10. The Morgan fingerprint density at radius 3 is 2.75 bits per heavy atom. The number of nitrogens with one attached hydrogen (secondary N) is 1. The molecule has 0 amide bonds. The number of hydrogen-bond acceptors (Lipinski definition) is 4. The molecule has 1 rings (SSSR count). The number of nitrogens with zero attached hydrogens (tertiary/aromatic N) is 2. The van der Waals surface area contributed by atoms with E-state index in [0.29, 0.717) is 18.1 Å². The fourth-order valence-electron chi connectivity index (χ4n) is 1.17. The van der Waals surface area contributed by atoms with Gasteiger partial charge in [-0.3, -0.25) is 5.41 Å². The molecule has 16 heavy (non-hydrogen) atoms. The van der Waals surface area contributed by atoms with Gasteiger partial charge in [-0.05, 0) is 33.2 Å². The molecule has 0 aliphatic carbocycles. The number of nitrogen functional groups attached to an aromatic ring is 1. The number of amidine groups is 1. The molecule has 0 unspecified atom stereocenters. The fourth-order valence-corrected chi connectivity index (χ4v) is 1.17. The van der Waals surface area contributed by atoms with Crippen molar-refractivity contribution in [2.45, 2.75) is 6.92 Å². The molecule has 88 valence electrons. The second-order valence-corrected chi connectivity index (χ2v) is 3.87. The molecular formula is C11H18N4O. The van der Waals surface area contributed by atoms with Crippen LogP contribution in [0.5, 0.6) is 5.88 Å². The third-order valence-corrected chi connectivity index (χ3v) is 2.07. The summed E-state index contributed by atoms with van der Waals surface area (Å²) in [6, 6.07) is 3.57. The van der Waals surface area contributed by atoms with Crippen molar-refractivity contribution in [3.05, 3.63) is 23.4 Å². The summed E-state index contributed by atoms with van der Waals surface area (Å²) < 4.78 is 5.52. The highest BCUT2D eigenvalue weighted by Gasteiger charge is 2.08. The summed E-state index contributed by atoms with van der Waals surface area (Å²) in [6.07, 6.45) is 0. The van der Waals surface area contributed by atoms with E-state index in [4.69, 9.17) is 15.9 Å². The minimum atomic E-state index is -0.0210. The topological polar surface area (TPSA) is 75.2 Å². The van der Waals surface area contributed by atoms with Crippen LogP contribution in [0.3, 0.4) is 0 Å². The number of pyridine rings is 1. The SMILES string of the molecule is Cc1ccc(C(=N)N)c(OCCN(C)C)n1. The van der Waals surface area contributed by atoms with E-state index in [1.807, 2.05) is 32.0 Å². The molecule has 0 atom stereocenters. The molecule has 0 aromatic carbocycles. The van der Waals surface area contributed by atoms with Crippen molar-refractivity contribution in [2.75, 3.05) is 27.2 Å². The maximum Gasteiger partial charge on any atom is 0.224 e. The Balaban J connectivity index is 2.76. The van der Waals surface area contributed by atoms with E-state index in [1.54, 1.807) is 6.07 Å². The third kappa shape index (κ3) is 3.51. The molecule has 0 saturated carbocycles. The van der Waals surface area contributed by atoms with E-state index in [-0.39, 0.29) is 5.84 Å². The van der Waals surface area contributed by atoms with Crippen molar-refractivity contribution in [1.82, 2.24) is 9.88 Å². The number of aromatic nitrogens is 1. The molecule has 0 spiro atoms. The minimum absolute atomic E-state index is 0.0210. The van der Waals surface area contributed by atoms with Crippen molar-refractivity contribution >= 4 is 5.84 Å². The number of nitrogens with two attached hydrogens (primary N) is 1. The smallest absolute Gasteiger partial charge is 0.224 e. The van der Waals surface area contributed by atoms with Gasteiger partial charge in [0.1, 0.15) is 12.4 Å². The van der Waals surface area contributed by atoms with Gasteiger partial charge in [0.05, 0.1) is 5.56 Å². The molecular weight excluding hydrogens is 204 g/mol. The third-order valence-electron chi connectivity index (χ3n) is 2.07. The Labute approximate surface area is 95.7 Å². The second-order valence-electron chi connectivity index (χ2n) is 3.87. The van der Waals surface area contributed by atoms with Crippen molar-refractivity contribution in [3.8, 4) is 5.88 Å². The fraction of sp³-hybridized carbons (Fsp3) is 0.455. The zero-order valence-electron chi connectivity index (χ0n) is 9.95. The first kappa shape index (κ1) is 12.4. The van der Waals surface area contributed by atoms with E-state index in [1.165, 1.54) is 0 Å². The molecule has 1 heterocycles. The zero-order chi connectivity index (χ0) is 12.1. The van der Waals surface area contributed by atoms with Gasteiger partial charge >= 0.3 is 0 Å². The predicted molar refractivity (Wildman–Crippen MR) is 64.0 cm³/mol. The zero-order valence-corrected chi connectivity index (χ0v) is 9.95. The summed E-state index contributed by atoms with van der Waals surface area (Å²) in [5, 5.41) is 7.41. The monoisotopic (exact) mass is 222 g/mol. The summed E-state index contributed by atoms with van der Waals surface area (Å²) in [4.78, 5) is 6.25. The van der Waals surface area contributed by atoms with Crippen LogP contribution in [-0.2, 0) is 0 Å². The highest BCUT2D eigenvalue weighted by Crippen LogP contribution is 2.15. The lowest BCUT2D eigenvalue weighted by Crippen LogP contribution is -2.21. The molecule has 0 saturated heterocycles. The van der Waals surface area contributed by atoms with Gasteiger partial charge in [-0.1, -0.05) is 0 Å². The number of ether oxygens (including phenoxy) is 1. The van der Waals surface area contributed by atoms with Crippen LogP contribution in [0.15, 0.2) is 12.1 Å². The molecule has 0 aliphatic rings. The lowest BCUT2D eigenvalue weighted by molar-refractivity contribution is 0.253. The van der Waals surface area contributed by atoms with E-state index in [9.17, 15) is 0 Å². The first-order chi connectivity index (χ1) is 7.50. The van der Waals surface area contributed by atoms with Crippen LogP contribution in [0.1, 0.15) is 11.3 Å². The first-order valence-electron chi connectivity index (χ1n) is 5.10. The normalized spacial score (nSPS) is 10.5.